The molecule has 0 aromatic carbocycles. The highest BCUT2D eigenvalue weighted by Crippen LogP contribution is 2.22. The monoisotopic (exact) mass is 288 g/mol. The van der Waals surface area contributed by atoms with E-state index < -0.39 is 0 Å². The molecule has 114 valence electrons. The summed E-state index contributed by atoms with van der Waals surface area (Å²) in [6, 6.07) is 4.36. The molecule has 0 saturated carbocycles. The summed E-state index contributed by atoms with van der Waals surface area (Å²) in [6.07, 6.45) is 3.71. The Bertz CT molecular complexity index is 579. The standard InChI is InChI=1S/C16H24N4O/c1-12-16(14(3)20(18-12)8-9-21)11-19(4)13(2)15-6-5-7-17-10-15/h5-7,10,13,21H,8-9,11H2,1-4H3/t13-/m1/s1. The maximum atomic E-state index is 9.08. The highest BCUT2D eigenvalue weighted by Gasteiger charge is 2.17. The van der Waals surface area contributed by atoms with Crippen LogP contribution in [0, 0.1) is 13.8 Å². The van der Waals surface area contributed by atoms with E-state index in [-0.39, 0.29) is 6.61 Å². The van der Waals surface area contributed by atoms with E-state index in [2.05, 4.69) is 41.9 Å². The van der Waals surface area contributed by atoms with E-state index in [0.717, 1.165) is 17.9 Å². The van der Waals surface area contributed by atoms with Gasteiger partial charge >= 0.3 is 0 Å². The van der Waals surface area contributed by atoms with Gasteiger partial charge in [-0.1, -0.05) is 6.07 Å². The van der Waals surface area contributed by atoms with Gasteiger partial charge in [-0.3, -0.25) is 14.6 Å². The number of aromatic nitrogens is 3. The molecule has 2 rings (SSSR count). The number of nitrogens with zero attached hydrogens (tertiary/aromatic N) is 4. The molecule has 0 aliphatic carbocycles. The van der Waals surface area contributed by atoms with Crippen LogP contribution >= 0.6 is 0 Å². The Morgan fingerprint density at radius 1 is 1.38 bits per heavy atom. The summed E-state index contributed by atoms with van der Waals surface area (Å²) in [4.78, 5) is 6.48. The number of hydrogen-bond donors (Lipinski definition) is 1. The van der Waals surface area contributed by atoms with Gasteiger partial charge in [-0.15, -0.1) is 0 Å². The molecule has 0 aliphatic heterocycles. The van der Waals surface area contributed by atoms with Gasteiger partial charge in [0.15, 0.2) is 0 Å². The summed E-state index contributed by atoms with van der Waals surface area (Å²) >= 11 is 0. The van der Waals surface area contributed by atoms with Crippen molar-refractivity contribution >= 4 is 0 Å². The maximum absolute atomic E-state index is 9.08. The van der Waals surface area contributed by atoms with Gasteiger partial charge in [0.25, 0.3) is 0 Å². The summed E-state index contributed by atoms with van der Waals surface area (Å²) in [6.45, 7) is 7.77. The lowest BCUT2D eigenvalue weighted by Crippen LogP contribution is -2.22. The van der Waals surface area contributed by atoms with E-state index in [9.17, 15) is 0 Å². The molecule has 1 atom stereocenters. The summed E-state index contributed by atoms with van der Waals surface area (Å²) in [7, 11) is 2.11. The van der Waals surface area contributed by atoms with Crippen LogP contribution in [0.5, 0.6) is 0 Å². The van der Waals surface area contributed by atoms with E-state index >= 15 is 0 Å². The molecular formula is C16H24N4O. The molecule has 0 bridgehead atoms. The van der Waals surface area contributed by atoms with Gasteiger partial charge in [0.05, 0.1) is 18.8 Å². The van der Waals surface area contributed by atoms with Crippen LogP contribution in [0.15, 0.2) is 24.5 Å². The molecule has 0 unspecified atom stereocenters. The smallest absolute Gasteiger partial charge is 0.0644 e. The third-order valence-corrected chi connectivity index (χ3v) is 4.08. The second kappa shape index (κ2) is 6.83. The van der Waals surface area contributed by atoms with Crippen LogP contribution in [-0.4, -0.2) is 38.4 Å². The van der Waals surface area contributed by atoms with Crippen LogP contribution in [-0.2, 0) is 13.1 Å². The zero-order valence-corrected chi connectivity index (χ0v) is 13.2. The molecule has 0 spiro atoms. The third-order valence-electron chi connectivity index (χ3n) is 4.08. The first-order valence-electron chi connectivity index (χ1n) is 7.28. The van der Waals surface area contributed by atoms with Crippen LogP contribution < -0.4 is 0 Å². The van der Waals surface area contributed by atoms with E-state index in [0.29, 0.717) is 12.6 Å². The summed E-state index contributed by atoms with van der Waals surface area (Å²) < 4.78 is 1.88. The van der Waals surface area contributed by atoms with E-state index in [1.54, 1.807) is 6.20 Å². The Hall–Kier alpha value is -1.72. The number of rotatable bonds is 6. The minimum atomic E-state index is 0.114. The van der Waals surface area contributed by atoms with Gasteiger partial charge in [0.1, 0.15) is 0 Å². The van der Waals surface area contributed by atoms with Crippen molar-refractivity contribution < 1.29 is 5.11 Å². The Labute approximate surface area is 126 Å². The topological polar surface area (TPSA) is 54.2 Å². The summed E-state index contributed by atoms with van der Waals surface area (Å²) in [5, 5.41) is 13.6. The van der Waals surface area contributed by atoms with Gasteiger partial charge in [-0.05, 0) is 39.4 Å². The fourth-order valence-corrected chi connectivity index (χ4v) is 2.54. The predicted octanol–water partition coefficient (Wildman–Crippen LogP) is 2.08. The maximum Gasteiger partial charge on any atom is 0.0644 e. The number of pyridine rings is 1. The Balaban J connectivity index is 2.14. The average Bonchev–Trinajstić information content (AvgIpc) is 2.75. The summed E-state index contributed by atoms with van der Waals surface area (Å²) in [5.74, 6) is 0. The molecule has 1 N–H and O–H groups in total. The van der Waals surface area contributed by atoms with E-state index in [1.807, 2.05) is 23.9 Å². The van der Waals surface area contributed by atoms with Crippen molar-refractivity contribution in [3.8, 4) is 0 Å². The molecule has 5 heteroatoms. The molecule has 21 heavy (non-hydrogen) atoms. The van der Waals surface area contributed by atoms with E-state index in [4.69, 9.17) is 5.11 Å². The summed E-state index contributed by atoms with van der Waals surface area (Å²) in [5.41, 5.74) is 4.61. The van der Waals surface area contributed by atoms with Gasteiger partial charge < -0.3 is 5.11 Å². The van der Waals surface area contributed by atoms with Crippen molar-refractivity contribution in [2.45, 2.75) is 39.9 Å². The van der Waals surface area contributed by atoms with Crippen LogP contribution in [0.25, 0.3) is 0 Å². The highest BCUT2D eigenvalue weighted by atomic mass is 16.3. The molecule has 2 aromatic heterocycles. The van der Waals surface area contributed by atoms with Crippen LogP contribution in [0.2, 0.25) is 0 Å². The lowest BCUT2D eigenvalue weighted by atomic mass is 10.1. The fourth-order valence-electron chi connectivity index (χ4n) is 2.54. The zero-order valence-electron chi connectivity index (χ0n) is 13.2. The largest absolute Gasteiger partial charge is 0.394 e. The van der Waals surface area contributed by atoms with Crippen molar-refractivity contribution in [1.82, 2.24) is 19.7 Å². The second-order valence-corrected chi connectivity index (χ2v) is 5.47. The van der Waals surface area contributed by atoms with Gasteiger partial charge in [0, 0.05) is 36.2 Å². The highest BCUT2D eigenvalue weighted by molar-refractivity contribution is 5.25. The first kappa shape index (κ1) is 15.7. The first-order valence-corrected chi connectivity index (χ1v) is 7.28. The minimum absolute atomic E-state index is 0.114. The normalized spacial score (nSPS) is 12.9. The molecule has 5 nitrogen and oxygen atoms in total. The van der Waals surface area contributed by atoms with Crippen molar-refractivity contribution in [3.63, 3.8) is 0 Å². The van der Waals surface area contributed by atoms with Crippen molar-refractivity contribution in [1.29, 1.82) is 0 Å². The van der Waals surface area contributed by atoms with E-state index in [1.165, 1.54) is 11.1 Å². The number of aliphatic hydroxyl groups excluding tert-OH is 1. The molecule has 0 aliphatic rings. The SMILES string of the molecule is Cc1nn(CCO)c(C)c1CN(C)[C@H](C)c1cccnc1. The average molecular weight is 288 g/mol. The zero-order chi connectivity index (χ0) is 15.4. The van der Waals surface area contributed by atoms with Crippen LogP contribution in [0.1, 0.15) is 35.5 Å². The molecule has 0 saturated heterocycles. The minimum Gasteiger partial charge on any atom is -0.394 e. The number of hydrogen-bond acceptors (Lipinski definition) is 4. The van der Waals surface area contributed by atoms with Crippen molar-refractivity contribution in [2.24, 2.45) is 0 Å². The van der Waals surface area contributed by atoms with Gasteiger partial charge in [-0.25, -0.2) is 0 Å². The molecule has 0 radical (unpaired) electrons. The Kier molecular flexibility index (Phi) is 5.09. The molecule has 0 fully saturated rings. The molecule has 0 amide bonds. The lowest BCUT2D eigenvalue weighted by Gasteiger charge is -2.25. The quantitative estimate of drug-likeness (QED) is 0.884. The third kappa shape index (κ3) is 3.49. The first-order chi connectivity index (χ1) is 10.0. The Morgan fingerprint density at radius 3 is 2.76 bits per heavy atom. The van der Waals surface area contributed by atoms with Crippen molar-refractivity contribution in [2.75, 3.05) is 13.7 Å². The molecule has 2 heterocycles. The van der Waals surface area contributed by atoms with Gasteiger partial charge in [-0.2, -0.15) is 5.10 Å². The molecular weight excluding hydrogens is 264 g/mol. The fraction of sp³-hybridized carbons (Fsp3) is 0.500. The van der Waals surface area contributed by atoms with Crippen LogP contribution in [0.4, 0.5) is 0 Å². The number of aliphatic hydroxyl groups is 1. The van der Waals surface area contributed by atoms with Crippen molar-refractivity contribution in [3.05, 3.63) is 47.0 Å². The lowest BCUT2D eigenvalue weighted by molar-refractivity contribution is 0.251. The predicted molar refractivity (Wildman–Crippen MR) is 82.9 cm³/mol. The molecule has 2 aromatic rings. The van der Waals surface area contributed by atoms with Gasteiger partial charge in [0.2, 0.25) is 0 Å². The van der Waals surface area contributed by atoms with Crippen LogP contribution in [0.3, 0.4) is 0 Å². The Morgan fingerprint density at radius 2 is 2.14 bits per heavy atom. The second-order valence-electron chi connectivity index (χ2n) is 5.47. The number of aryl methyl sites for hydroxylation is 1.